The van der Waals surface area contributed by atoms with Crippen molar-refractivity contribution in [3.05, 3.63) is 10.4 Å². The van der Waals surface area contributed by atoms with Crippen molar-refractivity contribution in [1.29, 1.82) is 0 Å². The number of nitrogens with two attached hydrogens (primary N) is 2. The lowest BCUT2D eigenvalue weighted by molar-refractivity contribution is 0.0967. The first-order chi connectivity index (χ1) is 9.73. The quantitative estimate of drug-likeness (QED) is 0.535. The number of thiophene rings is 1. The predicted molar refractivity (Wildman–Crippen MR) is 83.5 cm³/mol. The molecular formula is C11H18N4O4S2. The average Bonchev–Trinajstić information content (AvgIpc) is 2.74. The van der Waals surface area contributed by atoms with E-state index in [-0.39, 0.29) is 34.2 Å². The summed E-state index contributed by atoms with van der Waals surface area (Å²) >= 11 is 0.962. The Labute approximate surface area is 126 Å². The fourth-order valence-electron chi connectivity index (χ4n) is 1.56. The van der Waals surface area contributed by atoms with E-state index >= 15 is 0 Å². The van der Waals surface area contributed by atoms with Crippen LogP contribution in [0.2, 0.25) is 0 Å². The molecule has 0 unspecified atom stereocenters. The van der Waals surface area contributed by atoms with Crippen molar-refractivity contribution in [2.24, 2.45) is 5.73 Å². The second-order valence-corrected chi connectivity index (χ2v) is 7.65. The molecule has 0 bridgehead atoms. The van der Waals surface area contributed by atoms with E-state index in [1.165, 1.54) is 7.05 Å². The molecule has 8 nitrogen and oxygen atoms in total. The maximum absolute atomic E-state index is 11.6. The third-order valence-corrected chi connectivity index (χ3v) is 5.63. The van der Waals surface area contributed by atoms with E-state index in [1.54, 1.807) is 6.92 Å². The average molecular weight is 334 g/mol. The van der Waals surface area contributed by atoms with Crippen LogP contribution in [0.25, 0.3) is 0 Å². The smallest absolute Gasteiger partial charge is 0.263 e. The largest absolute Gasteiger partial charge is 0.397 e. The number of hydrogen-bond acceptors (Lipinski definition) is 7. The summed E-state index contributed by atoms with van der Waals surface area (Å²) in [6.45, 7) is 1.65. The number of nitrogen functional groups attached to an aromatic ring is 1. The standard InChI is InChI=1S/C11H18N4O4S2/c1-3-21(18,19)5-4-15-11-6(9(13)16)7(12)8(20-11)10(17)14-2/h15H,3-5,12H2,1-2H3,(H2,13,16)(H,14,17). The number of carbonyl (C=O) groups excluding carboxylic acids is 2. The maximum atomic E-state index is 11.6. The van der Waals surface area contributed by atoms with Gasteiger partial charge >= 0.3 is 0 Å². The van der Waals surface area contributed by atoms with Gasteiger partial charge in [-0.2, -0.15) is 0 Å². The van der Waals surface area contributed by atoms with Gasteiger partial charge in [-0.3, -0.25) is 9.59 Å². The van der Waals surface area contributed by atoms with Crippen LogP contribution < -0.4 is 22.1 Å². The molecule has 0 spiro atoms. The Hall–Kier alpha value is -1.81. The molecule has 0 saturated heterocycles. The zero-order chi connectivity index (χ0) is 16.2. The molecule has 1 rings (SSSR count). The number of sulfone groups is 1. The van der Waals surface area contributed by atoms with Gasteiger partial charge in [0, 0.05) is 19.3 Å². The Kier molecular flexibility index (Phi) is 5.55. The molecular weight excluding hydrogens is 316 g/mol. The van der Waals surface area contributed by atoms with Crippen molar-refractivity contribution < 1.29 is 18.0 Å². The molecule has 1 aromatic heterocycles. The molecule has 118 valence electrons. The summed E-state index contributed by atoms with van der Waals surface area (Å²) in [4.78, 5) is 23.2. The van der Waals surface area contributed by atoms with Crippen LogP contribution in [-0.4, -0.2) is 45.3 Å². The monoisotopic (exact) mass is 334 g/mol. The number of primary amides is 1. The van der Waals surface area contributed by atoms with Crippen molar-refractivity contribution in [1.82, 2.24) is 5.32 Å². The normalized spacial score (nSPS) is 11.1. The van der Waals surface area contributed by atoms with E-state index in [0.717, 1.165) is 11.3 Å². The first-order valence-electron chi connectivity index (χ1n) is 6.12. The molecule has 1 heterocycles. The van der Waals surface area contributed by atoms with Gasteiger partial charge in [-0.1, -0.05) is 6.92 Å². The molecule has 0 aliphatic carbocycles. The van der Waals surface area contributed by atoms with E-state index in [2.05, 4.69) is 10.6 Å². The van der Waals surface area contributed by atoms with E-state index in [1.807, 2.05) is 0 Å². The van der Waals surface area contributed by atoms with Gasteiger partial charge in [0.2, 0.25) is 0 Å². The maximum Gasteiger partial charge on any atom is 0.263 e. The first kappa shape index (κ1) is 17.2. The lowest BCUT2D eigenvalue weighted by Gasteiger charge is -2.05. The van der Waals surface area contributed by atoms with E-state index in [0.29, 0.717) is 5.00 Å². The number of hydrogen-bond donors (Lipinski definition) is 4. The molecule has 0 saturated carbocycles. The van der Waals surface area contributed by atoms with E-state index in [9.17, 15) is 18.0 Å². The van der Waals surface area contributed by atoms with E-state index < -0.39 is 21.7 Å². The van der Waals surface area contributed by atoms with Crippen LogP contribution in [0.4, 0.5) is 10.7 Å². The lowest BCUT2D eigenvalue weighted by Crippen LogP contribution is -2.20. The predicted octanol–water partition coefficient (Wildman–Crippen LogP) is -0.365. The fourth-order valence-corrected chi connectivity index (χ4v) is 3.36. The van der Waals surface area contributed by atoms with Gasteiger partial charge in [0.05, 0.1) is 17.0 Å². The highest BCUT2D eigenvalue weighted by atomic mass is 32.2. The molecule has 0 atom stereocenters. The van der Waals surface area contributed by atoms with Crippen LogP contribution in [0.3, 0.4) is 0 Å². The van der Waals surface area contributed by atoms with Crippen molar-refractivity contribution in [2.75, 3.05) is 36.1 Å². The van der Waals surface area contributed by atoms with Crippen LogP contribution in [0.5, 0.6) is 0 Å². The Balaban J connectivity index is 3.01. The zero-order valence-corrected chi connectivity index (χ0v) is 13.4. The molecule has 6 N–H and O–H groups in total. The summed E-state index contributed by atoms with van der Waals surface area (Å²) < 4.78 is 22.8. The van der Waals surface area contributed by atoms with Gasteiger partial charge in [-0.05, 0) is 0 Å². The van der Waals surface area contributed by atoms with Crippen LogP contribution >= 0.6 is 11.3 Å². The summed E-state index contributed by atoms with van der Waals surface area (Å²) in [6.07, 6.45) is 0. The Morgan fingerprint density at radius 3 is 2.43 bits per heavy atom. The van der Waals surface area contributed by atoms with Gasteiger partial charge in [0.1, 0.15) is 9.88 Å². The van der Waals surface area contributed by atoms with Crippen molar-refractivity contribution >= 4 is 43.7 Å². The van der Waals surface area contributed by atoms with Crippen LogP contribution in [0.15, 0.2) is 0 Å². The van der Waals surface area contributed by atoms with Gasteiger partial charge < -0.3 is 22.1 Å². The second kappa shape index (κ2) is 6.76. The Morgan fingerprint density at radius 2 is 1.95 bits per heavy atom. The SMILES string of the molecule is CCS(=O)(=O)CCNc1sc(C(=O)NC)c(N)c1C(N)=O. The summed E-state index contributed by atoms with van der Waals surface area (Å²) in [5.74, 6) is -1.27. The fraction of sp³-hybridized carbons (Fsp3) is 0.455. The number of carbonyl (C=O) groups is 2. The molecule has 0 aromatic carbocycles. The van der Waals surface area contributed by atoms with Crippen LogP contribution in [0.1, 0.15) is 27.0 Å². The number of rotatable bonds is 7. The molecule has 1 aromatic rings. The third-order valence-electron chi connectivity index (χ3n) is 2.76. The number of amides is 2. The molecule has 0 fully saturated rings. The minimum Gasteiger partial charge on any atom is -0.397 e. The third kappa shape index (κ3) is 4.08. The van der Waals surface area contributed by atoms with Crippen molar-refractivity contribution in [3.63, 3.8) is 0 Å². The van der Waals surface area contributed by atoms with Crippen LogP contribution in [-0.2, 0) is 9.84 Å². The minimum atomic E-state index is -3.13. The van der Waals surface area contributed by atoms with Gasteiger partial charge in [-0.15, -0.1) is 11.3 Å². The van der Waals surface area contributed by atoms with Crippen molar-refractivity contribution in [2.45, 2.75) is 6.92 Å². The lowest BCUT2D eigenvalue weighted by atomic mass is 10.2. The summed E-state index contributed by atoms with van der Waals surface area (Å²) in [6, 6.07) is 0. The zero-order valence-electron chi connectivity index (χ0n) is 11.7. The molecule has 0 aliphatic rings. The molecule has 10 heteroatoms. The number of nitrogens with one attached hydrogen (secondary N) is 2. The molecule has 0 aliphatic heterocycles. The highest BCUT2D eigenvalue weighted by Gasteiger charge is 2.23. The molecule has 21 heavy (non-hydrogen) atoms. The topological polar surface area (TPSA) is 144 Å². The molecule has 0 radical (unpaired) electrons. The Bertz CT molecular complexity index is 651. The van der Waals surface area contributed by atoms with Crippen LogP contribution in [0, 0.1) is 0 Å². The van der Waals surface area contributed by atoms with Gasteiger partial charge in [0.25, 0.3) is 11.8 Å². The summed E-state index contributed by atoms with van der Waals surface area (Å²) in [5, 5.41) is 5.51. The summed E-state index contributed by atoms with van der Waals surface area (Å²) in [7, 11) is -1.69. The van der Waals surface area contributed by atoms with E-state index in [4.69, 9.17) is 11.5 Å². The molecule has 2 amide bonds. The summed E-state index contributed by atoms with van der Waals surface area (Å²) in [5.41, 5.74) is 11.0. The van der Waals surface area contributed by atoms with Gasteiger partial charge in [0.15, 0.2) is 9.84 Å². The highest BCUT2D eigenvalue weighted by Crippen LogP contribution is 2.35. The first-order valence-corrected chi connectivity index (χ1v) is 8.75. The number of anilines is 2. The Morgan fingerprint density at radius 1 is 1.33 bits per heavy atom. The van der Waals surface area contributed by atoms with Crippen molar-refractivity contribution in [3.8, 4) is 0 Å². The van der Waals surface area contributed by atoms with Gasteiger partial charge in [-0.25, -0.2) is 8.42 Å². The minimum absolute atomic E-state index is 0.00676. The highest BCUT2D eigenvalue weighted by molar-refractivity contribution is 7.91. The second-order valence-electron chi connectivity index (χ2n) is 4.16.